The van der Waals surface area contributed by atoms with Crippen LogP contribution >= 0.6 is 0 Å². The molecule has 0 aromatic heterocycles. The topological polar surface area (TPSA) is 29.5 Å². The first-order chi connectivity index (χ1) is 7.79. The van der Waals surface area contributed by atoms with Crippen molar-refractivity contribution in [1.29, 1.82) is 0 Å². The van der Waals surface area contributed by atoms with E-state index < -0.39 is 0 Å². The molecule has 2 fully saturated rings. The number of nitrogens with zero attached hydrogens (tertiary/aromatic N) is 1. The molecule has 3 heteroatoms. The Balaban J connectivity index is 1.78. The highest BCUT2D eigenvalue weighted by Gasteiger charge is 2.28. The highest BCUT2D eigenvalue weighted by Crippen LogP contribution is 2.24. The molecular weight excluding hydrogens is 202 g/mol. The summed E-state index contributed by atoms with van der Waals surface area (Å²) in [4.78, 5) is 14.0. The summed E-state index contributed by atoms with van der Waals surface area (Å²) >= 11 is 0. The van der Waals surface area contributed by atoms with E-state index in [-0.39, 0.29) is 0 Å². The van der Waals surface area contributed by atoms with Crippen LogP contribution in [0.3, 0.4) is 0 Å². The lowest BCUT2D eigenvalue weighted by atomic mass is 10.0. The van der Waals surface area contributed by atoms with Gasteiger partial charge in [-0.3, -0.25) is 4.79 Å². The smallest absolute Gasteiger partial charge is 0.137 e. The van der Waals surface area contributed by atoms with Crippen LogP contribution in [0.15, 0.2) is 0 Å². The van der Waals surface area contributed by atoms with Crippen molar-refractivity contribution in [2.24, 2.45) is 5.92 Å². The molecule has 1 saturated heterocycles. The minimum Gasteiger partial charge on any atom is -0.377 e. The van der Waals surface area contributed by atoms with E-state index in [0.717, 1.165) is 45.5 Å². The molecule has 2 rings (SSSR count). The van der Waals surface area contributed by atoms with Crippen molar-refractivity contribution in [2.45, 2.75) is 45.1 Å². The predicted octanol–water partition coefficient (Wildman–Crippen LogP) is 1.86. The van der Waals surface area contributed by atoms with Gasteiger partial charge in [-0.25, -0.2) is 0 Å². The van der Waals surface area contributed by atoms with E-state index in [2.05, 4.69) is 11.8 Å². The van der Waals surface area contributed by atoms with E-state index >= 15 is 0 Å². The highest BCUT2D eigenvalue weighted by molar-refractivity contribution is 5.83. The SMILES string of the molecule is CCOC1CCCN(CC2CCCC2=O)C1. The van der Waals surface area contributed by atoms with Crippen LogP contribution in [0.25, 0.3) is 0 Å². The Morgan fingerprint density at radius 1 is 1.38 bits per heavy atom. The van der Waals surface area contributed by atoms with Crippen molar-refractivity contribution in [3.63, 3.8) is 0 Å². The molecule has 0 amide bonds. The number of carbonyl (C=O) groups is 1. The normalized spacial score (nSPS) is 32.2. The second-order valence-corrected chi connectivity index (χ2v) is 5.03. The number of ketones is 1. The highest BCUT2D eigenvalue weighted by atomic mass is 16.5. The van der Waals surface area contributed by atoms with Gasteiger partial charge in [0.1, 0.15) is 5.78 Å². The Kier molecular flexibility index (Phi) is 4.36. The van der Waals surface area contributed by atoms with Crippen LogP contribution in [0.2, 0.25) is 0 Å². The summed E-state index contributed by atoms with van der Waals surface area (Å²) in [6.45, 7) is 6.01. The van der Waals surface area contributed by atoms with Crippen LogP contribution in [-0.2, 0) is 9.53 Å². The van der Waals surface area contributed by atoms with Gasteiger partial charge in [-0.2, -0.15) is 0 Å². The molecule has 0 spiro atoms. The summed E-state index contributed by atoms with van der Waals surface area (Å²) in [6, 6.07) is 0. The summed E-state index contributed by atoms with van der Waals surface area (Å²) in [5, 5.41) is 0. The second kappa shape index (κ2) is 5.78. The average molecular weight is 225 g/mol. The summed E-state index contributed by atoms with van der Waals surface area (Å²) in [5.74, 6) is 0.805. The van der Waals surface area contributed by atoms with E-state index in [4.69, 9.17) is 4.74 Å². The molecular formula is C13H23NO2. The average Bonchev–Trinajstić information content (AvgIpc) is 2.66. The van der Waals surface area contributed by atoms with E-state index in [0.29, 0.717) is 17.8 Å². The lowest BCUT2D eigenvalue weighted by Crippen LogP contribution is -2.42. The first kappa shape index (κ1) is 12.1. The molecule has 0 bridgehead atoms. The molecule has 1 saturated carbocycles. The maximum Gasteiger partial charge on any atom is 0.137 e. The molecule has 1 aliphatic carbocycles. The molecule has 16 heavy (non-hydrogen) atoms. The number of ether oxygens (including phenoxy) is 1. The standard InChI is InChI=1S/C13H23NO2/c1-2-16-12-6-4-8-14(10-12)9-11-5-3-7-13(11)15/h11-12H,2-10H2,1H3. The third-order valence-corrected chi connectivity index (χ3v) is 3.77. The molecule has 1 heterocycles. The van der Waals surface area contributed by atoms with E-state index in [1.54, 1.807) is 0 Å². The first-order valence-corrected chi connectivity index (χ1v) is 6.66. The summed E-state index contributed by atoms with van der Waals surface area (Å²) < 4.78 is 5.68. The molecule has 1 aliphatic heterocycles. The minimum atomic E-state index is 0.320. The third kappa shape index (κ3) is 3.05. The van der Waals surface area contributed by atoms with Crippen LogP contribution in [0.5, 0.6) is 0 Å². The van der Waals surface area contributed by atoms with Crippen LogP contribution < -0.4 is 0 Å². The maximum absolute atomic E-state index is 11.6. The van der Waals surface area contributed by atoms with Gasteiger partial charge in [0.05, 0.1) is 6.10 Å². The summed E-state index contributed by atoms with van der Waals surface area (Å²) in [7, 11) is 0. The van der Waals surface area contributed by atoms with Crippen molar-refractivity contribution in [3.05, 3.63) is 0 Å². The van der Waals surface area contributed by atoms with Crippen molar-refractivity contribution in [1.82, 2.24) is 4.90 Å². The van der Waals surface area contributed by atoms with Crippen molar-refractivity contribution in [3.8, 4) is 0 Å². The number of likely N-dealkylation sites (tertiary alicyclic amines) is 1. The second-order valence-electron chi connectivity index (χ2n) is 5.03. The van der Waals surface area contributed by atoms with Gasteiger partial charge < -0.3 is 9.64 Å². The van der Waals surface area contributed by atoms with Gasteiger partial charge in [-0.05, 0) is 39.2 Å². The first-order valence-electron chi connectivity index (χ1n) is 6.66. The summed E-state index contributed by atoms with van der Waals surface area (Å²) in [6.07, 6.45) is 5.82. The lowest BCUT2D eigenvalue weighted by molar-refractivity contribution is -0.121. The largest absolute Gasteiger partial charge is 0.377 e. The van der Waals surface area contributed by atoms with Gasteiger partial charge in [0.25, 0.3) is 0 Å². The fraction of sp³-hybridized carbons (Fsp3) is 0.923. The monoisotopic (exact) mass is 225 g/mol. The van der Waals surface area contributed by atoms with Crippen molar-refractivity contribution in [2.75, 3.05) is 26.2 Å². The molecule has 0 radical (unpaired) electrons. The van der Waals surface area contributed by atoms with Crippen LogP contribution in [0.1, 0.15) is 39.0 Å². The number of Topliss-reactive ketones (excluding diaryl/α,β-unsaturated/α-hetero) is 1. The quantitative estimate of drug-likeness (QED) is 0.731. The number of rotatable bonds is 4. The number of piperidine rings is 1. The van der Waals surface area contributed by atoms with Crippen LogP contribution in [0.4, 0.5) is 0 Å². The van der Waals surface area contributed by atoms with Crippen LogP contribution in [-0.4, -0.2) is 43.0 Å². The Morgan fingerprint density at radius 2 is 2.25 bits per heavy atom. The zero-order chi connectivity index (χ0) is 11.4. The molecule has 0 N–H and O–H groups in total. The van der Waals surface area contributed by atoms with Gasteiger partial charge in [-0.1, -0.05) is 0 Å². The van der Waals surface area contributed by atoms with Gasteiger partial charge >= 0.3 is 0 Å². The zero-order valence-corrected chi connectivity index (χ0v) is 10.3. The molecule has 3 nitrogen and oxygen atoms in total. The Bertz CT molecular complexity index is 240. The van der Waals surface area contributed by atoms with E-state index in [9.17, 15) is 4.79 Å². The number of hydrogen-bond acceptors (Lipinski definition) is 3. The van der Waals surface area contributed by atoms with Gasteiger partial charge in [0.15, 0.2) is 0 Å². The number of hydrogen-bond donors (Lipinski definition) is 0. The van der Waals surface area contributed by atoms with Gasteiger partial charge in [0, 0.05) is 32.0 Å². The molecule has 2 atom stereocenters. The molecule has 2 aliphatic rings. The molecule has 2 unspecified atom stereocenters. The van der Waals surface area contributed by atoms with E-state index in [1.807, 2.05) is 0 Å². The van der Waals surface area contributed by atoms with Gasteiger partial charge in [-0.15, -0.1) is 0 Å². The maximum atomic E-state index is 11.6. The molecule has 0 aromatic rings. The van der Waals surface area contributed by atoms with Gasteiger partial charge in [0.2, 0.25) is 0 Å². The zero-order valence-electron chi connectivity index (χ0n) is 10.3. The van der Waals surface area contributed by atoms with Crippen molar-refractivity contribution < 1.29 is 9.53 Å². The molecule has 0 aromatic carbocycles. The Morgan fingerprint density at radius 3 is 2.94 bits per heavy atom. The van der Waals surface area contributed by atoms with Crippen molar-refractivity contribution >= 4 is 5.78 Å². The fourth-order valence-corrected chi connectivity index (χ4v) is 2.94. The third-order valence-electron chi connectivity index (χ3n) is 3.77. The minimum absolute atomic E-state index is 0.320. The summed E-state index contributed by atoms with van der Waals surface area (Å²) in [5.41, 5.74) is 0. The Hall–Kier alpha value is -0.410. The number of carbonyl (C=O) groups excluding carboxylic acids is 1. The van der Waals surface area contributed by atoms with Crippen LogP contribution in [0, 0.1) is 5.92 Å². The Labute approximate surface area is 98.1 Å². The predicted molar refractivity (Wildman–Crippen MR) is 63.4 cm³/mol. The lowest BCUT2D eigenvalue weighted by Gasteiger charge is -2.33. The fourth-order valence-electron chi connectivity index (χ4n) is 2.94. The van der Waals surface area contributed by atoms with E-state index in [1.165, 1.54) is 12.8 Å². The molecule has 92 valence electrons.